The Hall–Kier alpha value is -0.650. The van der Waals surface area contributed by atoms with Crippen LogP contribution in [0.4, 0.5) is 10.1 Å². The van der Waals surface area contributed by atoms with E-state index in [1.807, 2.05) is 17.9 Å². The van der Waals surface area contributed by atoms with Crippen LogP contribution in [0.1, 0.15) is 31.7 Å². The molecule has 0 aliphatic carbocycles. The van der Waals surface area contributed by atoms with Crippen LogP contribution >= 0.6 is 15.9 Å². The normalized spacial score (nSPS) is 24.4. The van der Waals surface area contributed by atoms with Crippen molar-refractivity contribution in [2.75, 3.05) is 18.0 Å². The molecule has 106 valence electrons. The second-order valence-electron chi connectivity index (χ2n) is 5.41. The molecule has 1 aliphatic heterocycles. The van der Waals surface area contributed by atoms with Gasteiger partial charge < -0.3 is 15.7 Å². The lowest BCUT2D eigenvalue weighted by molar-refractivity contribution is 0.0481. The molecule has 0 saturated carbocycles. The van der Waals surface area contributed by atoms with E-state index in [2.05, 4.69) is 15.9 Å². The van der Waals surface area contributed by atoms with E-state index in [4.69, 9.17) is 5.73 Å². The van der Waals surface area contributed by atoms with E-state index >= 15 is 0 Å². The number of benzene rings is 1. The van der Waals surface area contributed by atoms with Gasteiger partial charge in [-0.1, -0.05) is 6.07 Å². The maximum atomic E-state index is 14.4. The summed E-state index contributed by atoms with van der Waals surface area (Å²) in [4.78, 5) is 2.00. The van der Waals surface area contributed by atoms with Gasteiger partial charge in [-0.25, -0.2) is 4.39 Å². The molecule has 1 aromatic rings. The Bertz CT molecular complexity index is 465. The number of nitrogens with two attached hydrogens (primary N) is 1. The van der Waals surface area contributed by atoms with Crippen LogP contribution in [0.15, 0.2) is 16.6 Å². The summed E-state index contributed by atoms with van der Waals surface area (Å²) in [6, 6.07) is 3.63. The van der Waals surface area contributed by atoms with Crippen LogP contribution in [0, 0.1) is 5.82 Å². The van der Waals surface area contributed by atoms with Crippen molar-refractivity contribution < 1.29 is 9.50 Å². The van der Waals surface area contributed by atoms with E-state index in [9.17, 15) is 9.50 Å². The summed E-state index contributed by atoms with van der Waals surface area (Å²) in [6.45, 7) is 3.59. The van der Waals surface area contributed by atoms with Crippen molar-refractivity contribution in [2.45, 2.75) is 38.3 Å². The van der Waals surface area contributed by atoms with Gasteiger partial charge in [0.05, 0.1) is 15.8 Å². The summed E-state index contributed by atoms with van der Waals surface area (Å²) < 4.78 is 14.8. The van der Waals surface area contributed by atoms with E-state index in [-0.39, 0.29) is 5.82 Å². The monoisotopic (exact) mass is 330 g/mol. The molecule has 2 rings (SSSR count). The summed E-state index contributed by atoms with van der Waals surface area (Å²) in [5.41, 5.74) is 6.28. The molecule has 0 bridgehead atoms. The molecule has 1 aliphatic rings. The number of hydrogen-bond donors (Lipinski definition) is 2. The molecule has 1 heterocycles. The molecule has 1 unspecified atom stereocenters. The van der Waals surface area contributed by atoms with Crippen LogP contribution in [0.25, 0.3) is 0 Å². The summed E-state index contributed by atoms with van der Waals surface area (Å²) in [7, 11) is 0. The van der Waals surface area contributed by atoms with E-state index in [0.29, 0.717) is 29.7 Å². The molecule has 0 amide bonds. The van der Waals surface area contributed by atoms with Crippen LogP contribution < -0.4 is 10.6 Å². The van der Waals surface area contributed by atoms with Gasteiger partial charge >= 0.3 is 0 Å². The smallest absolute Gasteiger partial charge is 0.160 e. The predicted octanol–water partition coefficient (Wildman–Crippen LogP) is 2.79. The molecule has 0 spiro atoms. The van der Waals surface area contributed by atoms with Gasteiger partial charge in [-0.2, -0.15) is 0 Å². The Kier molecular flexibility index (Phi) is 4.48. The zero-order valence-electron chi connectivity index (χ0n) is 11.1. The molecule has 1 aromatic carbocycles. The van der Waals surface area contributed by atoms with E-state index in [1.54, 1.807) is 6.07 Å². The van der Waals surface area contributed by atoms with Crippen LogP contribution in [-0.4, -0.2) is 23.8 Å². The third kappa shape index (κ3) is 3.27. The number of hydrogen-bond acceptors (Lipinski definition) is 3. The Balaban J connectivity index is 2.25. The van der Waals surface area contributed by atoms with Gasteiger partial charge in [-0.3, -0.25) is 0 Å². The molecule has 0 radical (unpaired) electrons. The molecule has 1 fully saturated rings. The molecule has 0 aromatic heterocycles. The number of nitrogens with zero attached hydrogens (tertiary/aromatic N) is 1. The van der Waals surface area contributed by atoms with Crippen LogP contribution in [-0.2, 0) is 6.54 Å². The number of rotatable bonds is 2. The van der Waals surface area contributed by atoms with Crippen molar-refractivity contribution in [1.29, 1.82) is 0 Å². The second kappa shape index (κ2) is 5.77. The Morgan fingerprint density at radius 2 is 2.16 bits per heavy atom. The highest BCUT2D eigenvalue weighted by Gasteiger charge is 2.26. The zero-order chi connectivity index (χ0) is 14.0. The minimum atomic E-state index is -0.639. The maximum Gasteiger partial charge on any atom is 0.160 e. The lowest BCUT2D eigenvalue weighted by Crippen LogP contribution is -2.29. The Morgan fingerprint density at radius 3 is 2.84 bits per heavy atom. The third-order valence-electron chi connectivity index (χ3n) is 3.77. The fourth-order valence-corrected chi connectivity index (χ4v) is 2.98. The van der Waals surface area contributed by atoms with Crippen LogP contribution in [0.3, 0.4) is 0 Å². The van der Waals surface area contributed by atoms with Crippen LogP contribution in [0.2, 0.25) is 0 Å². The minimum absolute atomic E-state index is 0.260. The lowest BCUT2D eigenvalue weighted by Gasteiger charge is -2.25. The fourth-order valence-electron chi connectivity index (χ4n) is 2.49. The summed E-state index contributed by atoms with van der Waals surface area (Å²) in [6.07, 6.45) is 2.28. The summed E-state index contributed by atoms with van der Waals surface area (Å²) in [5.74, 6) is -0.260. The van der Waals surface area contributed by atoms with Gasteiger partial charge in [0.2, 0.25) is 0 Å². The third-order valence-corrected chi connectivity index (χ3v) is 4.62. The van der Waals surface area contributed by atoms with Gasteiger partial charge in [-0.15, -0.1) is 0 Å². The minimum Gasteiger partial charge on any atom is -0.390 e. The molecule has 3 nitrogen and oxygen atoms in total. The lowest BCUT2D eigenvalue weighted by atomic mass is 9.98. The fraction of sp³-hybridized carbons (Fsp3) is 0.571. The van der Waals surface area contributed by atoms with Gasteiger partial charge in [0.25, 0.3) is 0 Å². The molecule has 19 heavy (non-hydrogen) atoms. The first kappa shape index (κ1) is 14.8. The SMILES string of the molecule is CC1(O)CCCN(c2ccc(CN)c(Br)c2F)CC1. The number of anilines is 1. The predicted molar refractivity (Wildman–Crippen MR) is 78.7 cm³/mol. The van der Waals surface area contributed by atoms with Crippen molar-refractivity contribution in [3.8, 4) is 0 Å². The molecule has 3 N–H and O–H groups in total. The summed E-state index contributed by atoms with van der Waals surface area (Å²) in [5, 5.41) is 10.1. The van der Waals surface area contributed by atoms with Crippen molar-refractivity contribution in [1.82, 2.24) is 0 Å². The standard InChI is InChI=1S/C14H20BrFN2O/c1-14(19)5-2-7-18(8-6-14)11-4-3-10(9-17)12(15)13(11)16/h3-4,19H,2,5-9,17H2,1H3. The number of aliphatic hydroxyl groups is 1. The second-order valence-corrected chi connectivity index (χ2v) is 6.21. The van der Waals surface area contributed by atoms with Gasteiger partial charge in [0.1, 0.15) is 0 Å². The largest absolute Gasteiger partial charge is 0.390 e. The van der Waals surface area contributed by atoms with Gasteiger partial charge in [0.15, 0.2) is 5.82 Å². The first-order valence-electron chi connectivity index (χ1n) is 6.59. The highest BCUT2D eigenvalue weighted by Crippen LogP contribution is 2.32. The molecule has 1 saturated heterocycles. The van der Waals surface area contributed by atoms with E-state index in [1.165, 1.54) is 0 Å². The maximum absolute atomic E-state index is 14.4. The first-order chi connectivity index (χ1) is 8.94. The molecule has 5 heteroatoms. The van der Waals surface area contributed by atoms with Crippen molar-refractivity contribution >= 4 is 21.6 Å². The Morgan fingerprint density at radius 1 is 1.42 bits per heavy atom. The number of halogens is 2. The highest BCUT2D eigenvalue weighted by molar-refractivity contribution is 9.10. The quantitative estimate of drug-likeness (QED) is 0.876. The average Bonchev–Trinajstić information content (AvgIpc) is 2.54. The van der Waals surface area contributed by atoms with Crippen molar-refractivity contribution in [3.63, 3.8) is 0 Å². The van der Waals surface area contributed by atoms with Gasteiger partial charge in [0, 0.05) is 19.6 Å². The zero-order valence-corrected chi connectivity index (χ0v) is 12.7. The highest BCUT2D eigenvalue weighted by atomic mass is 79.9. The molecular weight excluding hydrogens is 311 g/mol. The van der Waals surface area contributed by atoms with E-state index in [0.717, 1.165) is 24.9 Å². The molecule has 1 atom stereocenters. The topological polar surface area (TPSA) is 49.5 Å². The van der Waals surface area contributed by atoms with Crippen molar-refractivity contribution in [3.05, 3.63) is 28.0 Å². The summed E-state index contributed by atoms with van der Waals surface area (Å²) >= 11 is 3.27. The molecular formula is C14H20BrFN2O. The van der Waals surface area contributed by atoms with Gasteiger partial charge in [-0.05, 0) is 53.7 Å². The first-order valence-corrected chi connectivity index (χ1v) is 7.38. The van der Waals surface area contributed by atoms with Crippen LogP contribution in [0.5, 0.6) is 0 Å². The van der Waals surface area contributed by atoms with Crippen molar-refractivity contribution in [2.24, 2.45) is 5.73 Å². The average molecular weight is 331 g/mol. The Labute approximate surface area is 121 Å². The van der Waals surface area contributed by atoms with E-state index < -0.39 is 5.60 Å².